The van der Waals surface area contributed by atoms with Crippen molar-refractivity contribution in [3.63, 3.8) is 0 Å². The molecule has 2 aliphatic heterocycles. The van der Waals surface area contributed by atoms with Crippen molar-refractivity contribution in [3.05, 3.63) is 0 Å². The number of nitrogens with zero attached hydrogens (tertiary/aromatic N) is 4. The summed E-state index contributed by atoms with van der Waals surface area (Å²) in [6.07, 6.45) is 8.52. The van der Waals surface area contributed by atoms with Crippen LogP contribution in [0, 0.1) is 17.8 Å². The lowest BCUT2D eigenvalue weighted by atomic mass is 9.93. The summed E-state index contributed by atoms with van der Waals surface area (Å²) >= 11 is 0. The summed E-state index contributed by atoms with van der Waals surface area (Å²) in [5, 5.41) is 3.57. The minimum atomic E-state index is 0.734. The van der Waals surface area contributed by atoms with Crippen molar-refractivity contribution in [2.45, 2.75) is 51.5 Å². The number of piperidine rings is 1. The van der Waals surface area contributed by atoms with Crippen LogP contribution >= 0.6 is 0 Å². The molecule has 0 radical (unpaired) electrons. The zero-order chi connectivity index (χ0) is 20.1. The van der Waals surface area contributed by atoms with Gasteiger partial charge in [-0.1, -0.05) is 6.42 Å². The monoisotopic (exact) mass is 405 g/mol. The third-order valence-corrected chi connectivity index (χ3v) is 7.94. The zero-order valence-corrected chi connectivity index (χ0v) is 18.8. The van der Waals surface area contributed by atoms with Crippen LogP contribution in [-0.4, -0.2) is 99.3 Å². The van der Waals surface area contributed by atoms with E-state index in [9.17, 15) is 0 Å². The number of ether oxygens (including phenoxy) is 1. The number of guanidine groups is 1. The number of hydrogen-bond acceptors (Lipinski definition) is 4. The standard InChI is InChI=1S/C23H43N5O/c1-3-24-23(25-18-19-6-8-26(9-7-19)14-15-29-2)28-12-10-27(11-13-28)22-17-20-4-5-21(22)16-20/h19-22H,3-18H2,1-2H3,(H,24,25). The molecule has 0 aromatic heterocycles. The Bertz CT molecular complexity index is 525. The largest absolute Gasteiger partial charge is 0.383 e. The highest BCUT2D eigenvalue weighted by atomic mass is 16.5. The van der Waals surface area contributed by atoms with Gasteiger partial charge in [-0.05, 0) is 69.9 Å². The van der Waals surface area contributed by atoms with Crippen LogP contribution in [-0.2, 0) is 4.74 Å². The number of rotatable bonds is 7. The Kier molecular flexibility index (Phi) is 7.71. The smallest absolute Gasteiger partial charge is 0.194 e. The summed E-state index contributed by atoms with van der Waals surface area (Å²) < 4.78 is 5.22. The minimum absolute atomic E-state index is 0.734. The Balaban J connectivity index is 1.23. The Morgan fingerprint density at radius 1 is 1.00 bits per heavy atom. The van der Waals surface area contributed by atoms with Crippen LogP contribution in [0.3, 0.4) is 0 Å². The van der Waals surface area contributed by atoms with E-state index < -0.39 is 0 Å². The average molecular weight is 406 g/mol. The van der Waals surface area contributed by atoms with Gasteiger partial charge in [-0.2, -0.15) is 0 Å². The molecule has 2 bridgehead atoms. The van der Waals surface area contributed by atoms with Crippen LogP contribution in [0.4, 0.5) is 0 Å². The second-order valence-electron chi connectivity index (χ2n) is 9.74. The lowest BCUT2D eigenvalue weighted by molar-refractivity contribution is 0.0956. The molecule has 2 saturated heterocycles. The van der Waals surface area contributed by atoms with Crippen molar-refractivity contribution < 1.29 is 4.74 Å². The second-order valence-corrected chi connectivity index (χ2v) is 9.74. The van der Waals surface area contributed by atoms with Gasteiger partial charge in [0.25, 0.3) is 0 Å². The number of aliphatic imine (C=N–C) groups is 1. The van der Waals surface area contributed by atoms with Gasteiger partial charge in [-0.25, -0.2) is 0 Å². The number of nitrogens with one attached hydrogen (secondary N) is 1. The van der Waals surface area contributed by atoms with Crippen molar-refractivity contribution in [1.29, 1.82) is 0 Å². The summed E-state index contributed by atoms with van der Waals surface area (Å²) in [4.78, 5) is 12.9. The summed E-state index contributed by atoms with van der Waals surface area (Å²) in [5.74, 6) is 3.94. The maximum Gasteiger partial charge on any atom is 0.194 e. The number of hydrogen-bond donors (Lipinski definition) is 1. The third kappa shape index (κ3) is 5.45. The van der Waals surface area contributed by atoms with Gasteiger partial charge in [0.2, 0.25) is 0 Å². The van der Waals surface area contributed by atoms with Gasteiger partial charge >= 0.3 is 0 Å². The number of likely N-dealkylation sites (tertiary alicyclic amines) is 1. The van der Waals surface area contributed by atoms with Crippen LogP contribution < -0.4 is 5.32 Å². The van der Waals surface area contributed by atoms with Gasteiger partial charge in [0, 0.05) is 59.0 Å². The molecule has 166 valence electrons. The lowest BCUT2D eigenvalue weighted by Gasteiger charge is -2.42. The van der Waals surface area contributed by atoms with E-state index in [0.29, 0.717) is 0 Å². The van der Waals surface area contributed by atoms with Crippen LogP contribution in [0.5, 0.6) is 0 Å². The normalized spacial score (nSPS) is 32.3. The van der Waals surface area contributed by atoms with Gasteiger partial charge in [0.1, 0.15) is 0 Å². The van der Waals surface area contributed by atoms with Crippen LogP contribution in [0.1, 0.15) is 45.4 Å². The van der Waals surface area contributed by atoms with Gasteiger partial charge in [0.05, 0.1) is 6.61 Å². The van der Waals surface area contributed by atoms with E-state index in [2.05, 4.69) is 26.9 Å². The predicted molar refractivity (Wildman–Crippen MR) is 119 cm³/mol. The quantitative estimate of drug-likeness (QED) is 0.519. The van der Waals surface area contributed by atoms with E-state index >= 15 is 0 Å². The number of piperazine rings is 1. The number of fused-ring (bicyclic) bond motifs is 2. The van der Waals surface area contributed by atoms with E-state index in [1.807, 2.05) is 0 Å². The second kappa shape index (κ2) is 10.5. The first-order valence-corrected chi connectivity index (χ1v) is 12.3. The molecule has 4 fully saturated rings. The fourth-order valence-corrected chi connectivity index (χ4v) is 6.18. The van der Waals surface area contributed by atoms with Gasteiger partial charge < -0.3 is 19.9 Å². The SMILES string of the molecule is CCNC(=NCC1CCN(CCOC)CC1)N1CCN(C2CC3CCC2C3)CC1. The molecule has 2 aliphatic carbocycles. The molecule has 6 heteroatoms. The van der Waals surface area contributed by atoms with E-state index in [4.69, 9.17) is 9.73 Å². The first-order valence-electron chi connectivity index (χ1n) is 12.3. The molecule has 0 spiro atoms. The Labute approximate surface area is 178 Å². The van der Waals surface area contributed by atoms with E-state index in [1.165, 1.54) is 64.7 Å². The predicted octanol–water partition coefficient (Wildman–Crippen LogP) is 2.12. The average Bonchev–Trinajstić information content (AvgIpc) is 3.40. The van der Waals surface area contributed by atoms with Gasteiger partial charge in [0.15, 0.2) is 5.96 Å². The Morgan fingerprint density at radius 2 is 1.79 bits per heavy atom. The molecular weight excluding hydrogens is 362 g/mol. The molecule has 0 aromatic rings. The fourth-order valence-electron chi connectivity index (χ4n) is 6.18. The molecular formula is C23H43N5O. The molecule has 4 rings (SSSR count). The first-order chi connectivity index (χ1) is 14.3. The van der Waals surface area contributed by atoms with Crippen LogP contribution in [0.15, 0.2) is 4.99 Å². The van der Waals surface area contributed by atoms with E-state index in [-0.39, 0.29) is 0 Å². The van der Waals surface area contributed by atoms with Crippen LogP contribution in [0.2, 0.25) is 0 Å². The summed E-state index contributed by atoms with van der Waals surface area (Å²) in [6, 6.07) is 0.888. The lowest BCUT2D eigenvalue weighted by Crippen LogP contribution is -2.55. The molecule has 3 atom stereocenters. The fraction of sp³-hybridized carbons (Fsp3) is 0.957. The van der Waals surface area contributed by atoms with E-state index in [1.54, 1.807) is 7.11 Å². The van der Waals surface area contributed by atoms with Crippen molar-refractivity contribution in [2.24, 2.45) is 22.7 Å². The topological polar surface area (TPSA) is 43.3 Å². The highest BCUT2D eigenvalue weighted by molar-refractivity contribution is 5.80. The maximum absolute atomic E-state index is 5.22. The highest BCUT2D eigenvalue weighted by Gasteiger charge is 2.42. The molecule has 1 N–H and O–H groups in total. The van der Waals surface area contributed by atoms with Crippen LogP contribution in [0.25, 0.3) is 0 Å². The summed E-state index contributed by atoms with van der Waals surface area (Å²) in [6.45, 7) is 13.1. The van der Waals surface area contributed by atoms with Crippen molar-refractivity contribution in [3.8, 4) is 0 Å². The zero-order valence-electron chi connectivity index (χ0n) is 18.8. The maximum atomic E-state index is 5.22. The first kappa shape index (κ1) is 21.4. The number of methoxy groups -OCH3 is 1. The van der Waals surface area contributed by atoms with Gasteiger partial charge in [-0.3, -0.25) is 9.89 Å². The molecule has 2 saturated carbocycles. The molecule has 3 unspecified atom stereocenters. The third-order valence-electron chi connectivity index (χ3n) is 7.94. The molecule has 0 aromatic carbocycles. The minimum Gasteiger partial charge on any atom is -0.383 e. The summed E-state index contributed by atoms with van der Waals surface area (Å²) in [7, 11) is 1.79. The molecule has 6 nitrogen and oxygen atoms in total. The van der Waals surface area contributed by atoms with Crippen molar-refractivity contribution >= 4 is 5.96 Å². The highest BCUT2D eigenvalue weighted by Crippen LogP contribution is 2.46. The Hall–Kier alpha value is -0.850. The van der Waals surface area contributed by atoms with E-state index in [0.717, 1.165) is 69.1 Å². The summed E-state index contributed by atoms with van der Waals surface area (Å²) in [5.41, 5.74) is 0. The Morgan fingerprint density at radius 3 is 2.41 bits per heavy atom. The molecule has 0 amide bonds. The van der Waals surface area contributed by atoms with Crippen molar-refractivity contribution in [1.82, 2.24) is 20.0 Å². The van der Waals surface area contributed by atoms with Crippen molar-refractivity contribution in [2.75, 3.05) is 72.6 Å². The molecule has 4 aliphatic rings. The molecule has 29 heavy (non-hydrogen) atoms. The van der Waals surface area contributed by atoms with Gasteiger partial charge in [-0.15, -0.1) is 0 Å². The molecule has 2 heterocycles.